The Morgan fingerprint density at radius 1 is 0.862 bits per heavy atom. The van der Waals surface area contributed by atoms with Crippen molar-refractivity contribution >= 4 is 23.2 Å². The highest BCUT2D eigenvalue weighted by atomic mass is 16.2. The number of benzene rings is 2. The van der Waals surface area contributed by atoms with E-state index >= 15 is 0 Å². The summed E-state index contributed by atoms with van der Waals surface area (Å²) in [6, 6.07) is 18.5. The first-order valence-corrected chi connectivity index (χ1v) is 9.74. The highest BCUT2D eigenvalue weighted by Gasteiger charge is 2.13. The van der Waals surface area contributed by atoms with Crippen LogP contribution in [0, 0.1) is 0 Å². The number of aryl methyl sites for hydroxylation is 1. The summed E-state index contributed by atoms with van der Waals surface area (Å²) in [5, 5.41) is 5.66. The maximum absolute atomic E-state index is 12.6. The molecule has 2 aromatic carbocycles. The van der Waals surface area contributed by atoms with Gasteiger partial charge in [-0.3, -0.25) is 14.6 Å². The summed E-state index contributed by atoms with van der Waals surface area (Å²) in [6.07, 6.45) is 2.40. The van der Waals surface area contributed by atoms with E-state index in [1.165, 1.54) is 23.4 Å². The van der Waals surface area contributed by atoms with Crippen LogP contribution < -0.4 is 10.6 Å². The molecule has 0 aliphatic rings. The standard InChI is InChI=1S/C24H25N3O2/c1-4-17-5-9-20(10-6-17)27-24(29)22-15-19(13-14-25-22)23(28)26-21-11-7-18(8-12-21)16(2)3/h5-16H,4H2,1-3H3,(H,26,28)(H,27,29). The Balaban J connectivity index is 1.68. The van der Waals surface area contributed by atoms with E-state index in [1.54, 1.807) is 6.07 Å². The number of carbonyl (C=O) groups excluding carboxylic acids is 2. The Bertz CT molecular complexity index is 993. The Morgan fingerprint density at radius 3 is 2.03 bits per heavy atom. The van der Waals surface area contributed by atoms with Crippen LogP contribution >= 0.6 is 0 Å². The Kier molecular flexibility index (Phi) is 6.39. The minimum absolute atomic E-state index is 0.187. The zero-order valence-electron chi connectivity index (χ0n) is 16.9. The molecule has 1 aromatic heterocycles. The van der Waals surface area contributed by atoms with Crippen LogP contribution in [0.3, 0.4) is 0 Å². The molecule has 0 atom stereocenters. The molecule has 5 nitrogen and oxygen atoms in total. The molecule has 0 aliphatic carbocycles. The molecule has 0 radical (unpaired) electrons. The highest BCUT2D eigenvalue weighted by molar-refractivity contribution is 6.07. The summed E-state index contributed by atoms with van der Waals surface area (Å²) in [6.45, 7) is 6.32. The number of carbonyl (C=O) groups is 2. The van der Waals surface area contributed by atoms with Crippen LogP contribution in [-0.2, 0) is 6.42 Å². The smallest absolute Gasteiger partial charge is 0.274 e. The van der Waals surface area contributed by atoms with Crippen molar-refractivity contribution in [2.45, 2.75) is 33.1 Å². The summed E-state index contributed by atoms with van der Waals surface area (Å²) in [5.41, 5.74) is 4.36. The van der Waals surface area contributed by atoms with Gasteiger partial charge < -0.3 is 10.6 Å². The Labute approximate surface area is 171 Å². The van der Waals surface area contributed by atoms with E-state index in [1.807, 2.05) is 48.5 Å². The molecule has 29 heavy (non-hydrogen) atoms. The van der Waals surface area contributed by atoms with Crippen molar-refractivity contribution in [3.63, 3.8) is 0 Å². The molecule has 0 saturated carbocycles. The second kappa shape index (κ2) is 9.15. The lowest BCUT2D eigenvalue weighted by atomic mass is 10.0. The van der Waals surface area contributed by atoms with Crippen LogP contribution in [0.25, 0.3) is 0 Å². The molecular formula is C24H25N3O2. The highest BCUT2D eigenvalue weighted by Crippen LogP contribution is 2.18. The molecule has 3 rings (SSSR count). The summed E-state index contributed by atoms with van der Waals surface area (Å²) in [5.74, 6) is -0.213. The summed E-state index contributed by atoms with van der Waals surface area (Å²) < 4.78 is 0. The minimum Gasteiger partial charge on any atom is -0.322 e. The normalized spacial score (nSPS) is 10.6. The predicted octanol–water partition coefficient (Wildman–Crippen LogP) is 5.27. The van der Waals surface area contributed by atoms with Crippen LogP contribution in [0.5, 0.6) is 0 Å². The van der Waals surface area contributed by atoms with Crippen LogP contribution in [0.4, 0.5) is 11.4 Å². The van der Waals surface area contributed by atoms with Gasteiger partial charge in [0, 0.05) is 23.1 Å². The number of anilines is 2. The topological polar surface area (TPSA) is 71.1 Å². The number of nitrogens with one attached hydrogen (secondary N) is 2. The van der Waals surface area contributed by atoms with Crippen LogP contribution in [0.15, 0.2) is 66.9 Å². The summed E-state index contributed by atoms with van der Waals surface area (Å²) >= 11 is 0. The van der Waals surface area contributed by atoms with E-state index in [2.05, 4.69) is 36.4 Å². The van der Waals surface area contributed by atoms with Gasteiger partial charge in [-0.2, -0.15) is 0 Å². The average molecular weight is 387 g/mol. The SMILES string of the molecule is CCc1ccc(NC(=O)c2cc(C(=O)Nc3ccc(C(C)C)cc3)ccn2)cc1. The molecule has 5 heteroatoms. The fraction of sp³-hybridized carbons (Fsp3) is 0.208. The number of amides is 2. The fourth-order valence-electron chi connectivity index (χ4n) is 2.87. The third-order valence-corrected chi connectivity index (χ3v) is 4.71. The number of pyridine rings is 1. The Hall–Kier alpha value is -3.47. The van der Waals surface area contributed by atoms with E-state index in [0.717, 1.165) is 6.42 Å². The number of rotatable bonds is 6. The van der Waals surface area contributed by atoms with E-state index in [-0.39, 0.29) is 17.5 Å². The van der Waals surface area contributed by atoms with Gasteiger partial charge in [0.25, 0.3) is 11.8 Å². The van der Waals surface area contributed by atoms with Gasteiger partial charge in [0.15, 0.2) is 0 Å². The van der Waals surface area contributed by atoms with Gasteiger partial charge in [0.1, 0.15) is 5.69 Å². The van der Waals surface area contributed by atoms with Gasteiger partial charge in [-0.25, -0.2) is 0 Å². The average Bonchev–Trinajstić information content (AvgIpc) is 2.74. The van der Waals surface area contributed by atoms with Crippen molar-refractivity contribution in [3.05, 3.63) is 89.2 Å². The van der Waals surface area contributed by atoms with E-state index in [4.69, 9.17) is 0 Å². The van der Waals surface area contributed by atoms with Crippen molar-refractivity contribution in [2.75, 3.05) is 10.6 Å². The first-order chi connectivity index (χ1) is 14.0. The van der Waals surface area contributed by atoms with Crippen LogP contribution in [-0.4, -0.2) is 16.8 Å². The van der Waals surface area contributed by atoms with E-state index in [9.17, 15) is 9.59 Å². The second-order valence-electron chi connectivity index (χ2n) is 7.17. The quantitative estimate of drug-likeness (QED) is 0.605. The molecular weight excluding hydrogens is 362 g/mol. The van der Waals surface area contributed by atoms with Gasteiger partial charge in [0.05, 0.1) is 0 Å². The third kappa shape index (κ3) is 5.29. The van der Waals surface area contributed by atoms with Crippen molar-refractivity contribution in [1.29, 1.82) is 0 Å². The molecule has 0 unspecified atom stereocenters. The summed E-state index contributed by atoms with van der Waals surface area (Å²) in [4.78, 5) is 29.2. The first-order valence-electron chi connectivity index (χ1n) is 9.74. The monoisotopic (exact) mass is 387 g/mol. The van der Waals surface area contributed by atoms with Gasteiger partial charge in [0.2, 0.25) is 0 Å². The minimum atomic E-state index is -0.356. The molecule has 1 heterocycles. The predicted molar refractivity (Wildman–Crippen MR) is 116 cm³/mol. The molecule has 0 spiro atoms. The number of hydrogen-bond acceptors (Lipinski definition) is 3. The van der Waals surface area contributed by atoms with E-state index < -0.39 is 0 Å². The lowest BCUT2D eigenvalue weighted by Crippen LogP contribution is -2.17. The van der Waals surface area contributed by atoms with Crippen molar-refractivity contribution in [3.8, 4) is 0 Å². The molecule has 0 fully saturated rings. The number of nitrogens with zero attached hydrogens (tertiary/aromatic N) is 1. The van der Waals surface area contributed by atoms with Crippen molar-refractivity contribution in [2.24, 2.45) is 0 Å². The Morgan fingerprint density at radius 2 is 1.45 bits per heavy atom. The summed E-state index contributed by atoms with van der Waals surface area (Å²) in [7, 11) is 0. The maximum Gasteiger partial charge on any atom is 0.274 e. The van der Waals surface area contributed by atoms with Crippen molar-refractivity contribution < 1.29 is 9.59 Å². The lowest BCUT2D eigenvalue weighted by Gasteiger charge is -2.09. The molecule has 0 bridgehead atoms. The third-order valence-electron chi connectivity index (χ3n) is 4.71. The molecule has 2 N–H and O–H groups in total. The fourth-order valence-corrected chi connectivity index (χ4v) is 2.87. The molecule has 3 aromatic rings. The van der Waals surface area contributed by atoms with Gasteiger partial charge in [-0.1, -0.05) is 45.0 Å². The zero-order chi connectivity index (χ0) is 20.8. The van der Waals surface area contributed by atoms with Gasteiger partial charge in [-0.15, -0.1) is 0 Å². The lowest BCUT2D eigenvalue weighted by molar-refractivity contribution is 0.102. The number of hydrogen-bond donors (Lipinski definition) is 2. The van der Waals surface area contributed by atoms with Crippen molar-refractivity contribution in [1.82, 2.24) is 4.98 Å². The largest absolute Gasteiger partial charge is 0.322 e. The molecule has 148 valence electrons. The van der Waals surface area contributed by atoms with Crippen LogP contribution in [0.2, 0.25) is 0 Å². The zero-order valence-corrected chi connectivity index (χ0v) is 16.9. The number of aromatic nitrogens is 1. The molecule has 0 saturated heterocycles. The van der Waals surface area contributed by atoms with Gasteiger partial charge in [-0.05, 0) is 59.9 Å². The van der Waals surface area contributed by atoms with E-state index in [0.29, 0.717) is 22.9 Å². The van der Waals surface area contributed by atoms with Gasteiger partial charge >= 0.3 is 0 Å². The molecule has 2 amide bonds. The maximum atomic E-state index is 12.6. The molecule has 0 aliphatic heterocycles. The second-order valence-corrected chi connectivity index (χ2v) is 7.17. The first kappa shape index (κ1) is 20.3. The van der Waals surface area contributed by atoms with Crippen LogP contribution in [0.1, 0.15) is 58.7 Å².